The highest BCUT2D eigenvalue weighted by molar-refractivity contribution is 6.01. The summed E-state index contributed by atoms with van der Waals surface area (Å²) in [7, 11) is 0. The summed E-state index contributed by atoms with van der Waals surface area (Å²) >= 11 is 0. The third-order valence-electron chi connectivity index (χ3n) is 15.8. The van der Waals surface area contributed by atoms with E-state index in [1.54, 1.807) is 0 Å². The number of aromatic nitrogens is 1. The van der Waals surface area contributed by atoms with Crippen LogP contribution in [0.2, 0.25) is 0 Å². The Morgan fingerprint density at radius 2 is 1.65 bits per heavy atom. The Bertz CT molecular complexity index is 1780. The van der Waals surface area contributed by atoms with Gasteiger partial charge >= 0.3 is 0 Å². The van der Waals surface area contributed by atoms with E-state index in [4.69, 9.17) is 23.7 Å². The standard InChI is InChI=1S/C43H59NO7/c1-22(2)20-30-48-33-35(39(8,9)49-30)47-29-17-18-40(10)41(11)24(16-19-42(40,46)43(29)36(33)50-43)21-26-25-13-14-27-31(38(6,7)51-37(27,4)5)32(45)23(3)12-15-28(25)44-34(26)41/h12,15,20,24,27,29-31,33,35-36,44,46H,3,13-14,16-19,21H2,1-2,4-11H3/b15-12-/t24?,27?,29-,30?,31?,33?,35-,36?,40+,41+,42-,43-/m0/s1. The molecule has 2 N–H and O–H groups in total. The number of aromatic amines is 1. The van der Waals surface area contributed by atoms with Crippen molar-refractivity contribution >= 4 is 11.9 Å². The molecule has 5 heterocycles. The molecular formula is C43H59NO7. The number of hydrogen-bond acceptors (Lipinski definition) is 7. The molecule has 0 radical (unpaired) electrons. The zero-order valence-corrected chi connectivity index (χ0v) is 32.4. The fraction of sp³-hybridized carbons (Fsp3) is 0.744. The molecule has 4 saturated heterocycles. The number of carbonyl (C=O) groups is 1. The third-order valence-corrected chi connectivity index (χ3v) is 15.8. The first-order valence-corrected chi connectivity index (χ1v) is 19.6. The number of epoxide rings is 1. The Morgan fingerprint density at radius 1 is 0.902 bits per heavy atom. The van der Waals surface area contributed by atoms with E-state index < -0.39 is 39.7 Å². The lowest BCUT2D eigenvalue weighted by atomic mass is 9.40. The molecule has 2 saturated carbocycles. The van der Waals surface area contributed by atoms with E-state index in [0.717, 1.165) is 49.8 Å². The van der Waals surface area contributed by atoms with Gasteiger partial charge in [-0.2, -0.15) is 0 Å². The van der Waals surface area contributed by atoms with Crippen molar-refractivity contribution in [1.82, 2.24) is 4.98 Å². The predicted octanol–water partition coefficient (Wildman–Crippen LogP) is 7.07. The SMILES string of the molecule is C=C1/C=C\c2[nH]c3c(c2CCC2C(C1=O)C(C)(C)OC2(C)C)CC1CC[C@]2(O)[C@](C)(CC[C@@H]4O[C@H]5C(OC(C=C(C)C)OC5(C)C)C5O[C@]542)[C@@]31C. The van der Waals surface area contributed by atoms with E-state index in [9.17, 15) is 9.90 Å². The van der Waals surface area contributed by atoms with Gasteiger partial charge in [0.15, 0.2) is 17.7 Å². The average Bonchev–Trinajstić information content (AvgIpc) is 3.54. The number of carbonyl (C=O) groups excluding carboxylic acids is 1. The molecule has 6 unspecified atom stereocenters. The summed E-state index contributed by atoms with van der Waals surface area (Å²) in [6.07, 6.45) is 10.3. The summed E-state index contributed by atoms with van der Waals surface area (Å²) in [5.41, 5.74) is 2.44. The molecule has 4 aliphatic carbocycles. The van der Waals surface area contributed by atoms with Crippen LogP contribution in [0.15, 0.2) is 29.9 Å². The third kappa shape index (κ3) is 4.21. The van der Waals surface area contributed by atoms with Crippen LogP contribution in [0.3, 0.4) is 0 Å². The first-order chi connectivity index (χ1) is 23.7. The second-order valence-electron chi connectivity index (χ2n) is 19.7. The first kappa shape index (κ1) is 34.7. The second kappa shape index (κ2) is 10.4. The van der Waals surface area contributed by atoms with E-state index in [-0.39, 0.29) is 47.4 Å². The number of fused-ring (bicyclic) bond motifs is 10. The van der Waals surface area contributed by atoms with Crippen LogP contribution < -0.4 is 0 Å². The van der Waals surface area contributed by atoms with Gasteiger partial charge in [-0.1, -0.05) is 26.0 Å². The Balaban J connectivity index is 1.10. The van der Waals surface area contributed by atoms with Gasteiger partial charge in [-0.05, 0) is 136 Å². The number of allylic oxidation sites excluding steroid dienone is 3. The molecule has 51 heavy (non-hydrogen) atoms. The van der Waals surface area contributed by atoms with Crippen LogP contribution in [0.5, 0.6) is 0 Å². The fourth-order valence-corrected chi connectivity index (χ4v) is 13.3. The molecule has 8 nitrogen and oxygen atoms in total. The number of H-pyrrole nitrogens is 1. The summed E-state index contributed by atoms with van der Waals surface area (Å²) in [6.45, 7) is 25.7. The van der Waals surface area contributed by atoms with E-state index in [1.165, 1.54) is 16.8 Å². The van der Waals surface area contributed by atoms with Crippen LogP contribution in [0.1, 0.15) is 124 Å². The molecule has 8 heteroatoms. The minimum Gasteiger partial charge on any atom is -0.386 e. The van der Waals surface area contributed by atoms with Gasteiger partial charge in [0, 0.05) is 33.7 Å². The number of ketones is 1. The lowest BCUT2D eigenvalue weighted by Crippen LogP contribution is -2.77. The predicted molar refractivity (Wildman–Crippen MR) is 194 cm³/mol. The topological polar surface area (TPSA) is 103 Å². The van der Waals surface area contributed by atoms with Crippen molar-refractivity contribution < 1.29 is 33.6 Å². The molecule has 0 aromatic carbocycles. The van der Waals surface area contributed by atoms with Crippen molar-refractivity contribution in [2.45, 2.75) is 178 Å². The number of nitrogens with one attached hydrogen (secondary N) is 1. The molecular weight excluding hydrogens is 642 g/mol. The summed E-state index contributed by atoms with van der Waals surface area (Å²) in [5.74, 6) is 0.312. The molecule has 0 amide bonds. The largest absolute Gasteiger partial charge is 0.386 e. The number of Topliss-reactive ketones (excluding diaryl/α,β-unsaturated/α-hetero) is 1. The zero-order valence-electron chi connectivity index (χ0n) is 32.4. The summed E-state index contributed by atoms with van der Waals surface area (Å²) in [4.78, 5) is 17.9. The Labute approximate surface area is 303 Å². The van der Waals surface area contributed by atoms with Gasteiger partial charge in [-0.25, -0.2) is 0 Å². The van der Waals surface area contributed by atoms with Crippen LogP contribution in [0, 0.1) is 23.2 Å². The van der Waals surface area contributed by atoms with Gasteiger partial charge in [0.05, 0.1) is 28.8 Å². The lowest BCUT2D eigenvalue weighted by molar-refractivity contribution is -0.343. The lowest BCUT2D eigenvalue weighted by Gasteiger charge is -2.66. The van der Waals surface area contributed by atoms with Gasteiger partial charge in [0.25, 0.3) is 0 Å². The number of ether oxygens (including phenoxy) is 5. The van der Waals surface area contributed by atoms with Gasteiger partial charge in [-0.3, -0.25) is 4.79 Å². The minimum atomic E-state index is -1.11. The van der Waals surface area contributed by atoms with Crippen molar-refractivity contribution in [2.75, 3.05) is 0 Å². The summed E-state index contributed by atoms with van der Waals surface area (Å²) in [5, 5.41) is 13.5. The Morgan fingerprint density at radius 3 is 2.37 bits per heavy atom. The smallest absolute Gasteiger partial charge is 0.178 e. The van der Waals surface area contributed by atoms with Crippen molar-refractivity contribution in [1.29, 1.82) is 0 Å². The Kier molecular flexibility index (Phi) is 7.05. The van der Waals surface area contributed by atoms with Gasteiger partial charge in [-0.15, -0.1) is 0 Å². The van der Waals surface area contributed by atoms with Crippen molar-refractivity contribution in [3.8, 4) is 0 Å². The zero-order chi connectivity index (χ0) is 36.5. The number of aliphatic hydroxyl groups is 1. The normalized spacial score (nSPS) is 48.8. The molecule has 1 aromatic rings. The molecule has 4 aliphatic heterocycles. The van der Waals surface area contributed by atoms with Crippen LogP contribution >= 0.6 is 0 Å². The van der Waals surface area contributed by atoms with E-state index in [1.807, 2.05) is 12.2 Å². The van der Waals surface area contributed by atoms with Crippen LogP contribution in [-0.4, -0.2) is 74.6 Å². The maximum absolute atomic E-state index is 13.9. The monoisotopic (exact) mass is 701 g/mol. The summed E-state index contributed by atoms with van der Waals surface area (Å²) < 4.78 is 33.5. The highest BCUT2D eigenvalue weighted by Crippen LogP contribution is 2.75. The molecule has 9 rings (SSSR count). The van der Waals surface area contributed by atoms with Crippen molar-refractivity contribution in [2.24, 2.45) is 23.2 Å². The number of hydrogen-bond donors (Lipinski definition) is 2. The van der Waals surface area contributed by atoms with Gasteiger partial charge in [0.1, 0.15) is 23.9 Å². The Hall–Kier alpha value is -2.07. The van der Waals surface area contributed by atoms with E-state index in [2.05, 4.69) is 86.9 Å². The molecule has 0 bridgehead atoms. The maximum atomic E-state index is 13.9. The average molecular weight is 702 g/mol. The molecule has 1 aromatic heterocycles. The molecule has 278 valence electrons. The minimum absolute atomic E-state index is 0.0747. The van der Waals surface area contributed by atoms with Crippen molar-refractivity contribution in [3.05, 3.63) is 52.4 Å². The molecule has 12 atom stereocenters. The van der Waals surface area contributed by atoms with Crippen molar-refractivity contribution in [3.63, 3.8) is 0 Å². The van der Waals surface area contributed by atoms with Gasteiger partial charge < -0.3 is 33.8 Å². The molecule has 8 aliphatic rings. The highest BCUT2D eigenvalue weighted by Gasteiger charge is 2.87. The second-order valence-corrected chi connectivity index (χ2v) is 19.7. The van der Waals surface area contributed by atoms with Crippen LogP contribution in [0.25, 0.3) is 6.08 Å². The van der Waals surface area contributed by atoms with E-state index in [0.29, 0.717) is 17.9 Å². The highest BCUT2D eigenvalue weighted by atomic mass is 16.8. The molecule has 1 spiro atoms. The van der Waals surface area contributed by atoms with Gasteiger partial charge in [0.2, 0.25) is 0 Å². The fourth-order valence-electron chi connectivity index (χ4n) is 13.3. The first-order valence-electron chi connectivity index (χ1n) is 19.6. The van der Waals surface area contributed by atoms with Crippen LogP contribution in [-0.2, 0) is 46.7 Å². The van der Waals surface area contributed by atoms with Crippen LogP contribution in [0.4, 0.5) is 0 Å². The molecule has 6 fully saturated rings. The summed E-state index contributed by atoms with van der Waals surface area (Å²) in [6, 6.07) is 0. The maximum Gasteiger partial charge on any atom is 0.178 e. The number of rotatable bonds is 1. The van der Waals surface area contributed by atoms with E-state index >= 15 is 0 Å². The quantitative estimate of drug-likeness (QED) is 0.184.